The van der Waals surface area contributed by atoms with Gasteiger partial charge in [-0.1, -0.05) is 19.3 Å². The number of thioether (sulfide) groups is 1. The van der Waals surface area contributed by atoms with Crippen molar-refractivity contribution in [2.45, 2.75) is 37.0 Å². The fourth-order valence-corrected chi connectivity index (χ4v) is 3.12. The van der Waals surface area contributed by atoms with Gasteiger partial charge in [0.2, 0.25) is 5.91 Å². The SMILES string of the molecule is O=C(CSc1ccc(F)c(F)c1)N1CCCCCCC1. The van der Waals surface area contributed by atoms with Crippen LogP contribution in [0.3, 0.4) is 0 Å². The molecule has 1 aromatic carbocycles. The number of rotatable bonds is 3. The smallest absolute Gasteiger partial charge is 0.232 e. The molecule has 1 aliphatic heterocycles. The monoisotopic (exact) mass is 299 g/mol. The fraction of sp³-hybridized carbons (Fsp3) is 0.533. The Morgan fingerprint density at radius 1 is 1.05 bits per heavy atom. The lowest BCUT2D eigenvalue weighted by molar-refractivity contribution is -0.128. The van der Waals surface area contributed by atoms with E-state index < -0.39 is 11.6 Å². The number of carbonyl (C=O) groups excluding carboxylic acids is 1. The minimum Gasteiger partial charge on any atom is -0.342 e. The average Bonchev–Trinajstić information content (AvgIpc) is 2.39. The second-order valence-corrected chi connectivity index (χ2v) is 6.06. The van der Waals surface area contributed by atoms with E-state index in [-0.39, 0.29) is 11.7 Å². The number of carbonyl (C=O) groups is 1. The lowest BCUT2D eigenvalue weighted by atomic mass is 10.1. The zero-order valence-corrected chi connectivity index (χ0v) is 12.2. The molecule has 0 aliphatic carbocycles. The molecule has 0 radical (unpaired) electrons. The van der Waals surface area contributed by atoms with E-state index >= 15 is 0 Å². The van der Waals surface area contributed by atoms with E-state index in [2.05, 4.69) is 0 Å². The van der Waals surface area contributed by atoms with E-state index in [4.69, 9.17) is 0 Å². The Morgan fingerprint density at radius 2 is 1.70 bits per heavy atom. The Morgan fingerprint density at radius 3 is 2.35 bits per heavy atom. The van der Waals surface area contributed by atoms with Crippen LogP contribution in [0.4, 0.5) is 8.78 Å². The lowest BCUT2D eigenvalue weighted by Crippen LogP contribution is -2.35. The molecule has 1 amide bonds. The summed E-state index contributed by atoms with van der Waals surface area (Å²) >= 11 is 1.26. The van der Waals surface area contributed by atoms with Gasteiger partial charge in [-0.3, -0.25) is 4.79 Å². The summed E-state index contributed by atoms with van der Waals surface area (Å²) in [5, 5.41) is 0. The number of benzene rings is 1. The van der Waals surface area contributed by atoms with Gasteiger partial charge in [-0.2, -0.15) is 0 Å². The summed E-state index contributed by atoms with van der Waals surface area (Å²) in [5.74, 6) is -1.36. The summed E-state index contributed by atoms with van der Waals surface area (Å²) in [6.45, 7) is 1.63. The summed E-state index contributed by atoms with van der Waals surface area (Å²) in [4.78, 5) is 14.6. The molecule has 1 aliphatic rings. The minimum atomic E-state index is -0.867. The number of hydrogen-bond acceptors (Lipinski definition) is 2. The van der Waals surface area contributed by atoms with Gasteiger partial charge < -0.3 is 4.90 Å². The van der Waals surface area contributed by atoms with Crippen molar-refractivity contribution in [1.82, 2.24) is 4.90 Å². The van der Waals surface area contributed by atoms with E-state index in [1.54, 1.807) is 0 Å². The Bertz CT molecular complexity index is 459. The van der Waals surface area contributed by atoms with Gasteiger partial charge in [0.25, 0.3) is 0 Å². The highest BCUT2D eigenvalue weighted by Gasteiger charge is 2.15. The third-order valence-electron chi connectivity index (χ3n) is 3.46. The molecule has 0 unspecified atom stereocenters. The number of hydrogen-bond donors (Lipinski definition) is 0. The lowest BCUT2D eigenvalue weighted by Gasteiger charge is -2.24. The van der Waals surface area contributed by atoms with Gasteiger partial charge in [-0.05, 0) is 31.0 Å². The Labute approximate surface area is 122 Å². The Kier molecular flexibility index (Phi) is 5.83. The third-order valence-corrected chi connectivity index (χ3v) is 4.44. The molecule has 2 nitrogen and oxygen atoms in total. The fourth-order valence-electron chi connectivity index (χ4n) is 2.30. The normalized spacial score (nSPS) is 16.6. The van der Waals surface area contributed by atoms with Crippen molar-refractivity contribution in [3.63, 3.8) is 0 Å². The Balaban J connectivity index is 1.85. The summed E-state index contributed by atoms with van der Waals surface area (Å²) in [6, 6.07) is 3.74. The van der Waals surface area contributed by atoms with E-state index in [1.807, 2.05) is 4.90 Å². The van der Waals surface area contributed by atoms with Gasteiger partial charge in [-0.15, -0.1) is 11.8 Å². The highest BCUT2D eigenvalue weighted by atomic mass is 32.2. The van der Waals surface area contributed by atoms with Crippen molar-refractivity contribution in [1.29, 1.82) is 0 Å². The number of amides is 1. The molecule has 0 bridgehead atoms. The first-order chi connectivity index (χ1) is 9.66. The molecular weight excluding hydrogens is 280 g/mol. The highest BCUT2D eigenvalue weighted by Crippen LogP contribution is 2.21. The molecule has 0 atom stereocenters. The quantitative estimate of drug-likeness (QED) is 0.790. The van der Waals surface area contributed by atoms with Crippen LogP contribution in [0.25, 0.3) is 0 Å². The largest absolute Gasteiger partial charge is 0.342 e. The van der Waals surface area contributed by atoms with E-state index in [0.717, 1.165) is 38.1 Å². The molecule has 5 heteroatoms. The van der Waals surface area contributed by atoms with E-state index in [1.165, 1.54) is 37.1 Å². The molecule has 1 saturated heterocycles. The van der Waals surface area contributed by atoms with E-state index in [9.17, 15) is 13.6 Å². The molecule has 0 spiro atoms. The summed E-state index contributed by atoms with van der Waals surface area (Å²) in [6.07, 6.45) is 5.73. The number of halogens is 2. The molecule has 1 aromatic rings. The molecule has 0 saturated carbocycles. The second-order valence-electron chi connectivity index (χ2n) is 5.01. The maximum absolute atomic E-state index is 13.1. The van der Waals surface area contributed by atoms with Crippen LogP contribution in [0.1, 0.15) is 32.1 Å². The maximum Gasteiger partial charge on any atom is 0.232 e. The van der Waals surface area contributed by atoms with Crippen molar-refractivity contribution in [2.75, 3.05) is 18.8 Å². The van der Waals surface area contributed by atoms with Crippen LogP contribution in [-0.2, 0) is 4.79 Å². The second kappa shape index (κ2) is 7.62. The molecule has 0 aromatic heterocycles. The van der Waals surface area contributed by atoms with E-state index in [0.29, 0.717) is 4.90 Å². The zero-order valence-electron chi connectivity index (χ0n) is 11.4. The van der Waals surface area contributed by atoms with Gasteiger partial charge in [0, 0.05) is 18.0 Å². The van der Waals surface area contributed by atoms with Crippen LogP contribution in [0.5, 0.6) is 0 Å². The molecule has 2 rings (SSSR count). The maximum atomic E-state index is 13.1. The van der Waals surface area contributed by atoms with Crippen LogP contribution < -0.4 is 0 Å². The number of likely N-dealkylation sites (tertiary alicyclic amines) is 1. The topological polar surface area (TPSA) is 20.3 Å². The first-order valence-electron chi connectivity index (χ1n) is 7.02. The third kappa shape index (κ3) is 4.47. The van der Waals surface area contributed by atoms with Crippen molar-refractivity contribution >= 4 is 17.7 Å². The summed E-state index contributed by atoms with van der Waals surface area (Å²) in [7, 11) is 0. The first kappa shape index (κ1) is 15.3. The van der Waals surface area contributed by atoms with Crippen LogP contribution >= 0.6 is 11.8 Å². The van der Waals surface area contributed by atoms with Crippen LogP contribution in [-0.4, -0.2) is 29.6 Å². The molecule has 1 heterocycles. The average molecular weight is 299 g/mol. The zero-order chi connectivity index (χ0) is 14.4. The molecule has 20 heavy (non-hydrogen) atoms. The van der Waals surface area contributed by atoms with Gasteiger partial charge >= 0.3 is 0 Å². The van der Waals surface area contributed by atoms with Gasteiger partial charge in [0.05, 0.1) is 5.75 Å². The minimum absolute atomic E-state index is 0.0848. The molecule has 1 fully saturated rings. The van der Waals surface area contributed by atoms with Crippen LogP contribution in [0.15, 0.2) is 23.1 Å². The van der Waals surface area contributed by atoms with Gasteiger partial charge in [0.15, 0.2) is 11.6 Å². The summed E-state index contributed by atoms with van der Waals surface area (Å²) in [5.41, 5.74) is 0. The van der Waals surface area contributed by atoms with Crippen molar-refractivity contribution < 1.29 is 13.6 Å². The highest BCUT2D eigenvalue weighted by molar-refractivity contribution is 8.00. The standard InChI is InChI=1S/C15H19F2NOS/c16-13-7-6-12(10-14(13)17)20-11-15(19)18-8-4-2-1-3-5-9-18/h6-7,10H,1-5,8-9,11H2. The molecule has 0 N–H and O–H groups in total. The Hall–Kier alpha value is -1.10. The predicted octanol–water partition coefficient (Wildman–Crippen LogP) is 3.85. The summed E-state index contributed by atoms with van der Waals surface area (Å²) < 4.78 is 25.9. The number of nitrogens with zero attached hydrogens (tertiary/aromatic N) is 1. The van der Waals surface area contributed by atoms with Gasteiger partial charge in [-0.25, -0.2) is 8.78 Å². The first-order valence-corrected chi connectivity index (χ1v) is 8.01. The van der Waals surface area contributed by atoms with Crippen molar-refractivity contribution in [2.24, 2.45) is 0 Å². The van der Waals surface area contributed by atoms with Gasteiger partial charge in [0.1, 0.15) is 0 Å². The van der Waals surface area contributed by atoms with Crippen LogP contribution in [0.2, 0.25) is 0 Å². The molecular formula is C15H19F2NOS. The van der Waals surface area contributed by atoms with Crippen LogP contribution in [0, 0.1) is 11.6 Å². The predicted molar refractivity (Wildman–Crippen MR) is 76.7 cm³/mol. The van der Waals surface area contributed by atoms with Crippen molar-refractivity contribution in [3.8, 4) is 0 Å². The molecule has 110 valence electrons. The van der Waals surface area contributed by atoms with Crippen molar-refractivity contribution in [3.05, 3.63) is 29.8 Å².